The summed E-state index contributed by atoms with van der Waals surface area (Å²) in [5.41, 5.74) is 10.6. The zero-order chi connectivity index (χ0) is 14.5. The first-order chi connectivity index (χ1) is 8.91. The van der Waals surface area contributed by atoms with E-state index >= 15 is 0 Å². The minimum absolute atomic E-state index is 0.369. The van der Waals surface area contributed by atoms with Crippen LogP contribution in [0.3, 0.4) is 0 Å². The molecule has 104 valence electrons. The summed E-state index contributed by atoms with van der Waals surface area (Å²) in [7, 11) is 0. The molecular formula is C14H21N3O2. The van der Waals surface area contributed by atoms with Crippen LogP contribution >= 0.6 is 0 Å². The van der Waals surface area contributed by atoms with Gasteiger partial charge in [0.1, 0.15) is 5.54 Å². The molecule has 2 amide bonds. The molecule has 0 saturated carbocycles. The minimum atomic E-state index is -1.25. The van der Waals surface area contributed by atoms with Crippen molar-refractivity contribution in [3.63, 3.8) is 0 Å². The van der Waals surface area contributed by atoms with E-state index in [9.17, 15) is 9.59 Å². The van der Waals surface area contributed by atoms with Crippen LogP contribution in [0.2, 0.25) is 0 Å². The van der Waals surface area contributed by atoms with E-state index in [1.54, 1.807) is 31.2 Å². The topological polar surface area (TPSA) is 98.2 Å². The molecule has 1 aromatic rings. The molecule has 0 bridgehead atoms. The van der Waals surface area contributed by atoms with Crippen molar-refractivity contribution in [1.29, 1.82) is 0 Å². The van der Waals surface area contributed by atoms with Gasteiger partial charge >= 0.3 is 0 Å². The van der Waals surface area contributed by atoms with E-state index in [-0.39, 0.29) is 5.91 Å². The molecule has 0 aliphatic carbocycles. The molecule has 2 unspecified atom stereocenters. The molecule has 19 heavy (non-hydrogen) atoms. The Morgan fingerprint density at radius 1 is 1.32 bits per heavy atom. The number of hydrogen-bond donors (Lipinski definition) is 3. The van der Waals surface area contributed by atoms with E-state index in [0.29, 0.717) is 12.0 Å². The van der Waals surface area contributed by atoms with Crippen LogP contribution in [0.4, 0.5) is 0 Å². The van der Waals surface area contributed by atoms with Gasteiger partial charge in [0, 0.05) is 0 Å². The fraction of sp³-hybridized carbons (Fsp3) is 0.429. The lowest BCUT2D eigenvalue weighted by Crippen LogP contribution is -2.56. The van der Waals surface area contributed by atoms with Crippen molar-refractivity contribution in [1.82, 2.24) is 5.32 Å². The third kappa shape index (κ3) is 3.54. The predicted octanol–water partition coefficient (Wildman–Crippen LogP) is 0.631. The highest BCUT2D eigenvalue weighted by Gasteiger charge is 2.35. The first kappa shape index (κ1) is 15.2. The van der Waals surface area contributed by atoms with E-state index in [4.69, 9.17) is 11.5 Å². The number of nitrogens with one attached hydrogen (secondary N) is 1. The summed E-state index contributed by atoms with van der Waals surface area (Å²) < 4.78 is 0. The van der Waals surface area contributed by atoms with Crippen LogP contribution in [-0.4, -0.2) is 17.9 Å². The van der Waals surface area contributed by atoms with Crippen molar-refractivity contribution in [3.05, 3.63) is 35.9 Å². The lowest BCUT2D eigenvalue weighted by molar-refractivity contribution is -0.132. The molecule has 5 N–H and O–H groups in total. The predicted molar refractivity (Wildman–Crippen MR) is 74.0 cm³/mol. The molecule has 0 aliphatic heterocycles. The Bertz CT molecular complexity index is 447. The summed E-state index contributed by atoms with van der Waals surface area (Å²) in [6.45, 7) is 3.53. The SMILES string of the molecule is CCCC(N)C(=O)NC(C)(C(N)=O)c1ccccc1. The van der Waals surface area contributed by atoms with Crippen LogP contribution in [0, 0.1) is 0 Å². The maximum atomic E-state index is 12.0. The van der Waals surface area contributed by atoms with Gasteiger partial charge in [0.05, 0.1) is 6.04 Å². The number of rotatable bonds is 6. The molecule has 0 fully saturated rings. The number of nitrogens with two attached hydrogens (primary N) is 2. The van der Waals surface area contributed by atoms with E-state index in [0.717, 1.165) is 6.42 Å². The molecule has 1 rings (SSSR count). The molecule has 1 aromatic carbocycles. The third-order valence-corrected chi connectivity index (χ3v) is 3.15. The number of carbonyl (C=O) groups is 2. The highest BCUT2D eigenvalue weighted by Crippen LogP contribution is 2.20. The number of carbonyl (C=O) groups excluding carboxylic acids is 2. The largest absolute Gasteiger partial charge is 0.367 e. The Morgan fingerprint density at radius 3 is 2.37 bits per heavy atom. The number of primary amides is 1. The molecule has 0 spiro atoms. The average Bonchev–Trinajstić information content (AvgIpc) is 2.39. The Hall–Kier alpha value is -1.88. The average molecular weight is 263 g/mol. The summed E-state index contributed by atoms with van der Waals surface area (Å²) in [4.78, 5) is 23.7. The maximum absolute atomic E-state index is 12.0. The van der Waals surface area contributed by atoms with Gasteiger partial charge in [0.15, 0.2) is 0 Å². The lowest BCUT2D eigenvalue weighted by Gasteiger charge is -2.29. The Kier molecular flexibility index (Phi) is 5.06. The summed E-state index contributed by atoms with van der Waals surface area (Å²) in [6.07, 6.45) is 1.36. The molecule has 2 atom stereocenters. The second-order valence-corrected chi connectivity index (χ2v) is 4.74. The molecule has 0 heterocycles. The summed E-state index contributed by atoms with van der Waals surface area (Å²) in [5.74, 6) is -0.984. The van der Waals surface area contributed by atoms with Crippen LogP contribution in [0.1, 0.15) is 32.3 Å². The first-order valence-electron chi connectivity index (χ1n) is 6.34. The van der Waals surface area contributed by atoms with Crippen LogP contribution in [0.5, 0.6) is 0 Å². The molecule has 0 aliphatic rings. The quantitative estimate of drug-likeness (QED) is 0.702. The van der Waals surface area contributed by atoms with Gasteiger partial charge in [-0.25, -0.2) is 0 Å². The Balaban J connectivity index is 2.96. The summed E-state index contributed by atoms with van der Waals surface area (Å²) >= 11 is 0. The smallest absolute Gasteiger partial charge is 0.247 e. The highest BCUT2D eigenvalue weighted by molar-refractivity contribution is 5.92. The first-order valence-corrected chi connectivity index (χ1v) is 6.34. The van der Waals surface area contributed by atoms with Crippen LogP contribution in [0.15, 0.2) is 30.3 Å². The van der Waals surface area contributed by atoms with Crippen molar-refractivity contribution in [3.8, 4) is 0 Å². The minimum Gasteiger partial charge on any atom is -0.367 e. The third-order valence-electron chi connectivity index (χ3n) is 3.15. The van der Waals surface area contributed by atoms with Crippen molar-refractivity contribution >= 4 is 11.8 Å². The summed E-state index contributed by atoms with van der Waals surface area (Å²) in [5, 5.41) is 2.66. The zero-order valence-electron chi connectivity index (χ0n) is 11.3. The Labute approximate surface area is 113 Å². The van der Waals surface area contributed by atoms with Crippen molar-refractivity contribution in [2.75, 3.05) is 0 Å². The van der Waals surface area contributed by atoms with E-state index < -0.39 is 17.5 Å². The fourth-order valence-electron chi connectivity index (χ4n) is 1.83. The fourth-order valence-corrected chi connectivity index (χ4v) is 1.83. The van der Waals surface area contributed by atoms with Gasteiger partial charge in [-0.2, -0.15) is 0 Å². The number of hydrogen-bond acceptors (Lipinski definition) is 3. The number of benzene rings is 1. The van der Waals surface area contributed by atoms with Crippen LogP contribution in [-0.2, 0) is 15.1 Å². The second kappa shape index (κ2) is 6.33. The molecule has 5 nitrogen and oxygen atoms in total. The van der Waals surface area contributed by atoms with Crippen molar-refractivity contribution in [2.24, 2.45) is 11.5 Å². The van der Waals surface area contributed by atoms with Gasteiger partial charge in [-0.3, -0.25) is 9.59 Å². The summed E-state index contributed by atoms with van der Waals surface area (Å²) in [6, 6.07) is 8.26. The molecule has 0 radical (unpaired) electrons. The van der Waals surface area contributed by atoms with Gasteiger partial charge in [-0.15, -0.1) is 0 Å². The van der Waals surface area contributed by atoms with Crippen LogP contribution < -0.4 is 16.8 Å². The molecule has 5 heteroatoms. The Morgan fingerprint density at radius 2 is 1.89 bits per heavy atom. The van der Waals surface area contributed by atoms with Crippen LogP contribution in [0.25, 0.3) is 0 Å². The maximum Gasteiger partial charge on any atom is 0.247 e. The lowest BCUT2D eigenvalue weighted by atomic mass is 9.90. The highest BCUT2D eigenvalue weighted by atomic mass is 16.2. The van der Waals surface area contributed by atoms with Crippen molar-refractivity contribution in [2.45, 2.75) is 38.3 Å². The standard InChI is InChI=1S/C14H21N3O2/c1-3-7-11(15)12(18)17-14(2,13(16)19)10-8-5-4-6-9-10/h4-6,8-9,11H,3,7,15H2,1-2H3,(H2,16,19)(H,17,18). The van der Waals surface area contributed by atoms with E-state index in [2.05, 4.69) is 5.32 Å². The zero-order valence-corrected chi connectivity index (χ0v) is 11.3. The van der Waals surface area contributed by atoms with Gasteiger partial charge in [0.25, 0.3) is 0 Å². The van der Waals surface area contributed by atoms with Gasteiger partial charge < -0.3 is 16.8 Å². The van der Waals surface area contributed by atoms with Gasteiger partial charge in [-0.05, 0) is 18.9 Å². The van der Waals surface area contributed by atoms with E-state index in [1.165, 1.54) is 0 Å². The molecular weight excluding hydrogens is 242 g/mol. The molecule has 0 saturated heterocycles. The van der Waals surface area contributed by atoms with Gasteiger partial charge in [0.2, 0.25) is 11.8 Å². The monoisotopic (exact) mass is 263 g/mol. The second-order valence-electron chi connectivity index (χ2n) is 4.74. The number of amides is 2. The molecule has 0 aromatic heterocycles. The normalized spacial score (nSPS) is 15.3. The van der Waals surface area contributed by atoms with E-state index in [1.807, 2.05) is 13.0 Å². The van der Waals surface area contributed by atoms with Gasteiger partial charge in [-0.1, -0.05) is 43.7 Å². The van der Waals surface area contributed by atoms with Crippen molar-refractivity contribution < 1.29 is 9.59 Å².